The quantitative estimate of drug-likeness (QED) is 0.489. The molecule has 0 unspecified atom stereocenters. The highest BCUT2D eigenvalue weighted by atomic mass is 32.1. The third kappa shape index (κ3) is 5.61. The minimum atomic E-state index is -4.63. The van der Waals surface area contributed by atoms with Crippen molar-refractivity contribution in [3.63, 3.8) is 0 Å². The second kappa shape index (κ2) is 9.18. The molecule has 2 N–H and O–H groups in total. The van der Waals surface area contributed by atoms with Gasteiger partial charge in [-0.3, -0.25) is 9.59 Å². The topological polar surface area (TPSA) is 58.2 Å². The Bertz CT molecular complexity index is 1140. The van der Waals surface area contributed by atoms with Gasteiger partial charge >= 0.3 is 6.18 Å². The van der Waals surface area contributed by atoms with E-state index in [2.05, 4.69) is 10.6 Å². The minimum absolute atomic E-state index is 0.164. The molecule has 2 amide bonds. The van der Waals surface area contributed by atoms with Gasteiger partial charge in [-0.2, -0.15) is 13.2 Å². The summed E-state index contributed by atoms with van der Waals surface area (Å²) in [6, 6.07) is 13.2. The molecule has 0 aliphatic heterocycles. The van der Waals surface area contributed by atoms with Crippen molar-refractivity contribution in [3.8, 4) is 0 Å². The number of rotatable bonds is 5. The highest BCUT2D eigenvalue weighted by Gasteiger charge is 2.33. The van der Waals surface area contributed by atoms with Gasteiger partial charge in [0.15, 0.2) is 0 Å². The van der Waals surface area contributed by atoms with Crippen LogP contribution in [0.3, 0.4) is 0 Å². The van der Waals surface area contributed by atoms with Crippen LogP contribution in [0, 0.1) is 13.8 Å². The molecule has 0 aliphatic carbocycles. The van der Waals surface area contributed by atoms with Crippen molar-refractivity contribution >= 4 is 34.9 Å². The average Bonchev–Trinajstić information content (AvgIpc) is 3.22. The number of amides is 2. The highest BCUT2D eigenvalue weighted by molar-refractivity contribution is 7.10. The van der Waals surface area contributed by atoms with Gasteiger partial charge in [-0.15, -0.1) is 11.3 Å². The lowest BCUT2D eigenvalue weighted by Crippen LogP contribution is -2.31. The van der Waals surface area contributed by atoms with E-state index in [1.807, 2.05) is 13.8 Å². The number of para-hydroxylation sites is 1. The largest absolute Gasteiger partial charge is 0.418 e. The number of hydrogen-bond donors (Lipinski definition) is 2. The first-order valence-corrected chi connectivity index (χ1v) is 10.1. The number of alkyl halides is 3. The summed E-state index contributed by atoms with van der Waals surface area (Å²) in [7, 11) is 0. The molecule has 31 heavy (non-hydrogen) atoms. The molecule has 160 valence electrons. The molecule has 3 rings (SSSR count). The number of halogens is 3. The van der Waals surface area contributed by atoms with E-state index >= 15 is 0 Å². The fourth-order valence-electron chi connectivity index (χ4n) is 2.78. The Labute approximate surface area is 181 Å². The Morgan fingerprint density at radius 2 is 1.71 bits per heavy atom. The van der Waals surface area contributed by atoms with E-state index in [1.165, 1.54) is 29.5 Å². The van der Waals surface area contributed by atoms with E-state index in [0.29, 0.717) is 10.4 Å². The summed E-state index contributed by atoms with van der Waals surface area (Å²) in [5.74, 6) is -1.40. The smallest absolute Gasteiger partial charge is 0.320 e. The van der Waals surface area contributed by atoms with Crippen LogP contribution in [0.25, 0.3) is 6.08 Å². The maximum atomic E-state index is 13.3. The standard InChI is InChI=1S/C23H19F3N2O2S/c1-14-9-10-16(12-15(14)2)21(29)28-20(13-17-6-5-11-31-17)22(30)27-19-8-4-3-7-18(19)23(24,25)26/h3-13H,1-2H3,(H,27,30)(H,28,29)/b20-13+. The van der Waals surface area contributed by atoms with Crippen molar-refractivity contribution < 1.29 is 22.8 Å². The number of carbonyl (C=O) groups excluding carboxylic acids is 2. The maximum absolute atomic E-state index is 13.3. The molecule has 3 aromatic rings. The minimum Gasteiger partial charge on any atom is -0.320 e. The van der Waals surface area contributed by atoms with Crippen molar-refractivity contribution in [2.45, 2.75) is 20.0 Å². The van der Waals surface area contributed by atoms with Crippen LogP contribution in [0.4, 0.5) is 18.9 Å². The van der Waals surface area contributed by atoms with Crippen LogP contribution in [-0.2, 0) is 11.0 Å². The van der Waals surface area contributed by atoms with Crippen LogP contribution >= 0.6 is 11.3 Å². The maximum Gasteiger partial charge on any atom is 0.418 e. The Hall–Kier alpha value is -3.39. The molecule has 0 saturated carbocycles. The van der Waals surface area contributed by atoms with Crippen LogP contribution < -0.4 is 10.6 Å². The molecule has 0 saturated heterocycles. The van der Waals surface area contributed by atoms with Crippen LogP contribution in [0.1, 0.15) is 31.9 Å². The Morgan fingerprint density at radius 3 is 2.35 bits per heavy atom. The number of thiophene rings is 1. The summed E-state index contributed by atoms with van der Waals surface area (Å²) in [6.45, 7) is 3.76. The zero-order chi connectivity index (χ0) is 22.6. The zero-order valence-electron chi connectivity index (χ0n) is 16.7. The summed E-state index contributed by atoms with van der Waals surface area (Å²) in [5, 5.41) is 6.58. The third-order valence-corrected chi connectivity index (χ3v) is 5.39. The first-order valence-electron chi connectivity index (χ1n) is 9.26. The predicted octanol–water partition coefficient (Wildman–Crippen LogP) is 5.79. The molecular weight excluding hydrogens is 425 g/mol. The lowest BCUT2D eigenvalue weighted by atomic mass is 10.1. The summed E-state index contributed by atoms with van der Waals surface area (Å²) in [6.07, 6.45) is -3.21. The second-order valence-electron chi connectivity index (χ2n) is 6.82. The van der Waals surface area contributed by atoms with Gasteiger partial charge < -0.3 is 10.6 Å². The molecule has 8 heteroatoms. The summed E-state index contributed by atoms with van der Waals surface area (Å²) in [5.41, 5.74) is 0.718. The summed E-state index contributed by atoms with van der Waals surface area (Å²) >= 11 is 1.32. The van der Waals surface area contributed by atoms with Crippen molar-refractivity contribution in [1.29, 1.82) is 0 Å². The molecule has 1 aromatic heterocycles. The second-order valence-corrected chi connectivity index (χ2v) is 7.80. The molecule has 0 spiro atoms. The monoisotopic (exact) mass is 444 g/mol. The van der Waals surface area contributed by atoms with Crippen molar-refractivity contribution in [2.24, 2.45) is 0 Å². The van der Waals surface area contributed by atoms with Crippen LogP contribution in [0.15, 0.2) is 65.7 Å². The Kier molecular flexibility index (Phi) is 6.60. The average molecular weight is 444 g/mol. The normalized spacial score (nSPS) is 11.8. The molecule has 4 nitrogen and oxygen atoms in total. The van der Waals surface area contributed by atoms with E-state index in [4.69, 9.17) is 0 Å². The first kappa shape index (κ1) is 22.3. The molecule has 0 radical (unpaired) electrons. The number of aryl methyl sites for hydroxylation is 2. The van der Waals surface area contributed by atoms with Crippen molar-refractivity contribution in [3.05, 3.63) is 92.8 Å². The molecular formula is C23H19F3N2O2S. The van der Waals surface area contributed by atoms with Crippen LogP contribution in [0.2, 0.25) is 0 Å². The van der Waals surface area contributed by atoms with Crippen molar-refractivity contribution in [1.82, 2.24) is 5.32 Å². The van der Waals surface area contributed by atoms with E-state index in [9.17, 15) is 22.8 Å². The van der Waals surface area contributed by atoms with Gasteiger partial charge in [-0.1, -0.05) is 24.3 Å². The Morgan fingerprint density at radius 1 is 0.968 bits per heavy atom. The zero-order valence-corrected chi connectivity index (χ0v) is 17.5. The summed E-state index contributed by atoms with van der Waals surface area (Å²) < 4.78 is 39.8. The van der Waals surface area contributed by atoms with Gasteiger partial charge in [0.25, 0.3) is 11.8 Å². The number of nitrogens with one attached hydrogen (secondary N) is 2. The molecule has 2 aromatic carbocycles. The number of benzene rings is 2. The van der Waals surface area contributed by atoms with Gasteiger partial charge in [0.2, 0.25) is 0 Å². The SMILES string of the molecule is Cc1ccc(C(=O)N/C(=C/c2cccs2)C(=O)Nc2ccccc2C(F)(F)F)cc1C. The molecule has 0 bridgehead atoms. The molecule has 1 heterocycles. The van der Waals surface area contributed by atoms with Gasteiger partial charge in [0.05, 0.1) is 11.3 Å². The van der Waals surface area contributed by atoms with Gasteiger partial charge in [0.1, 0.15) is 5.70 Å². The van der Waals surface area contributed by atoms with Gasteiger partial charge in [0, 0.05) is 10.4 Å². The van der Waals surface area contributed by atoms with Gasteiger partial charge in [-0.05, 0) is 66.8 Å². The van der Waals surface area contributed by atoms with Gasteiger partial charge in [-0.25, -0.2) is 0 Å². The fourth-order valence-corrected chi connectivity index (χ4v) is 3.44. The summed E-state index contributed by atoms with van der Waals surface area (Å²) in [4.78, 5) is 26.2. The van der Waals surface area contributed by atoms with E-state index in [-0.39, 0.29) is 5.70 Å². The Balaban J connectivity index is 1.90. The van der Waals surface area contributed by atoms with Crippen LogP contribution in [0.5, 0.6) is 0 Å². The lowest BCUT2D eigenvalue weighted by Gasteiger charge is -2.15. The molecule has 0 fully saturated rings. The van der Waals surface area contributed by atoms with Crippen molar-refractivity contribution in [2.75, 3.05) is 5.32 Å². The van der Waals surface area contributed by atoms with E-state index < -0.39 is 29.2 Å². The fraction of sp³-hybridized carbons (Fsp3) is 0.130. The highest BCUT2D eigenvalue weighted by Crippen LogP contribution is 2.34. The predicted molar refractivity (Wildman–Crippen MR) is 116 cm³/mol. The third-order valence-electron chi connectivity index (χ3n) is 4.57. The molecule has 0 atom stereocenters. The lowest BCUT2D eigenvalue weighted by molar-refractivity contribution is -0.137. The van der Waals surface area contributed by atoms with E-state index in [1.54, 1.807) is 35.7 Å². The first-order chi connectivity index (χ1) is 14.6. The number of anilines is 1. The van der Waals surface area contributed by atoms with Crippen LogP contribution in [-0.4, -0.2) is 11.8 Å². The van der Waals surface area contributed by atoms with E-state index in [0.717, 1.165) is 23.3 Å². The number of hydrogen-bond acceptors (Lipinski definition) is 3. The number of carbonyl (C=O) groups is 2. The molecule has 0 aliphatic rings.